The molecule has 2 rings (SSSR count). The van der Waals surface area contributed by atoms with E-state index < -0.39 is 5.97 Å². The summed E-state index contributed by atoms with van der Waals surface area (Å²) in [6.45, 7) is 2.49. The topological polar surface area (TPSA) is 61.8 Å². The van der Waals surface area contributed by atoms with Crippen molar-refractivity contribution >= 4 is 17.5 Å². The van der Waals surface area contributed by atoms with Crippen molar-refractivity contribution in [2.75, 3.05) is 13.7 Å². The van der Waals surface area contributed by atoms with Gasteiger partial charge in [-0.05, 0) is 31.2 Å². The zero-order chi connectivity index (χ0) is 14.5. The van der Waals surface area contributed by atoms with Gasteiger partial charge in [0, 0.05) is 11.6 Å². The zero-order valence-corrected chi connectivity index (χ0v) is 11.2. The van der Waals surface area contributed by atoms with Crippen LogP contribution in [0.5, 0.6) is 5.75 Å². The fourth-order valence-electron chi connectivity index (χ4n) is 1.68. The molecule has 1 aromatic carbocycles. The Balaban J connectivity index is 2.15. The number of methoxy groups -OCH3 is 1. The molecule has 0 aromatic heterocycles. The average Bonchev–Trinajstić information content (AvgIpc) is 2.81. The van der Waals surface area contributed by atoms with Crippen molar-refractivity contribution in [2.24, 2.45) is 0 Å². The van der Waals surface area contributed by atoms with Gasteiger partial charge < -0.3 is 14.2 Å². The van der Waals surface area contributed by atoms with E-state index in [-0.39, 0.29) is 11.5 Å². The molecule has 0 atom stereocenters. The van der Waals surface area contributed by atoms with Crippen LogP contribution in [-0.4, -0.2) is 25.5 Å². The van der Waals surface area contributed by atoms with Crippen molar-refractivity contribution in [3.63, 3.8) is 0 Å². The van der Waals surface area contributed by atoms with Gasteiger partial charge in [0.15, 0.2) is 5.76 Å². The minimum absolute atomic E-state index is 0.0410. The van der Waals surface area contributed by atoms with Gasteiger partial charge in [-0.25, -0.2) is 4.79 Å². The van der Waals surface area contributed by atoms with Gasteiger partial charge in [-0.2, -0.15) is 0 Å². The van der Waals surface area contributed by atoms with E-state index in [2.05, 4.69) is 4.74 Å². The molecule has 1 aromatic rings. The molecule has 0 saturated carbocycles. The van der Waals surface area contributed by atoms with E-state index in [9.17, 15) is 9.59 Å². The third kappa shape index (κ3) is 3.06. The van der Waals surface area contributed by atoms with Crippen LogP contribution in [0.2, 0.25) is 0 Å². The van der Waals surface area contributed by atoms with Gasteiger partial charge in [0.1, 0.15) is 11.5 Å². The fourth-order valence-corrected chi connectivity index (χ4v) is 1.68. The van der Waals surface area contributed by atoms with E-state index in [0.29, 0.717) is 12.4 Å². The van der Waals surface area contributed by atoms with Gasteiger partial charge in [0.05, 0.1) is 19.8 Å². The maximum absolute atomic E-state index is 11.7. The van der Waals surface area contributed by atoms with Crippen LogP contribution in [0.4, 0.5) is 0 Å². The largest absolute Gasteiger partial charge is 0.494 e. The van der Waals surface area contributed by atoms with Crippen molar-refractivity contribution in [1.82, 2.24) is 0 Å². The molecule has 104 valence electrons. The lowest BCUT2D eigenvalue weighted by molar-refractivity contribution is -0.135. The molecule has 0 radical (unpaired) electrons. The van der Waals surface area contributed by atoms with Crippen molar-refractivity contribution in [3.8, 4) is 5.75 Å². The maximum atomic E-state index is 11.7. The number of esters is 1. The summed E-state index contributed by atoms with van der Waals surface area (Å²) in [5.41, 5.74) is 0.732. The lowest BCUT2D eigenvalue weighted by Gasteiger charge is -2.06. The lowest BCUT2D eigenvalue weighted by atomic mass is 10.1. The molecular weight excluding hydrogens is 260 g/mol. The Hall–Kier alpha value is -2.56. The maximum Gasteiger partial charge on any atom is 0.334 e. The Morgan fingerprint density at radius 2 is 2.00 bits per heavy atom. The predicted octanol–water partition coefficient (Wildman–Crippen LogP) is 2.08. The Labute approximate surface area is 116 Å². The van der Waals surface area contributed by atoms with Crippen LogP contribution < -0.4 is 4.74 Å². The second-order valence-corrected chi connectivity index (χ2v) is 3.96. The molecule has 0 unspecified atom stereocenters. The lowest BCUT2D eigenvalue weighted by Crippen LogP contribution is -2.01. The molecule has 0 amide bonds. The van der Waals surface area contributed by atoms with Crippen LogP contribution in [0.3, 0.4) is 0 Å². The summed E-state index contributed by atoms with van der Waals surface area (Å²) in [5.74, 6) is 0.106. The van der Waals surface area contributed by atoms with Gasteiger partial charge in [-0.1, -0.05) is 0 Å². The van der Waals surface area contributed by atoms with Gasteiger partial charge in [-0.3, -0.25) is 4.79 Å². The predicted molar refractivity (Wildman–Crippen MR) is 71.8 cm³/mol. The van der Waals surface area contributed by atoms with Crippen LogP contribution in [0.15, 0.2) is 42.2 Å². The average molecular weight is 274 g/mol. The summed E-state index contributed by atoms with van der Waals surface area (Å²) in [4.78, 5) is 22.8. The summed E-state index contributed by atoms with van der Waals surface area (Å²) in [7, 11) is 1.24. The van der Waals surface area contributed by atoms with E-state index in [4.69, 9.17) is 9.47 Å². The number of allylic oxidation sites excluding steroid dienone is 1. The summed E-state index contributed by atoms with van der Waals surface area (Å²) in [6, 6.07) is 7.14. The van der Waals surface area contributed by atoms with E-state index in [1.165, 1.54) is 13.2 Å². The number of ketones is 1. The number of carbonyl (C=O) groups excluding carboxylic acids is 2. The van der Waals surface area contributed by atoms with Crippen molar-refractivity contribution in [2.45, 2.75) is 6.92 Å². The highest BCUT2D eigenvalue weighted by Crippen LogP contribution is 2.27. The number of benzene rings is 1. The smallest absolute Gasteiger partial charge is 0.334 e. The molecule has 1 aliphatic rings. The zero-order valence-electron chi connectivity index (χ0n) is 11.2. The molecule has 20 heavy (non-hydrogen) atoms. The molecule has 0 aliphatic carbocycles. The van der Waals surface area contributed by atoms with E-state index in [0.717, 1.165) is 17.4 Å². The molecule has 5 heteroatoms. The second-order valence-electron chi connectivity index (χ2n) is 3.96. The molecule has 5 nitrogen and oxygen atoms in total. The first-order valence-electron chi connectivity index (χ1n) is 6.10. The van der Waals surface area contributed by atoms with Crippen molar-refractivity contribution in [1.29, 1.82) is 0 Å². The molecular formula is C15H14O5. The third-order valence-electron chi connectivity index (χ3n) is 2.62. The molecule has 0 fully saturated rings. The van der Waals surface area contributed by atoms with Crippen molar-refractivity contribution in [3.05, 3.63) is 47.7 Å². The molecule has 0 N–H and O–H groups in total. The van der Waals surface area contributed by atoms with Crippen LogP contribution in [0.1, 0.15) is 12.5 Å². The minimum atomic E-state index is -0.630. The molecule has 1 aliphatic heterocycles. The summed E-state index contributed by atoms with van der Waals surface area (Å²) in [5, 5.41) is 0. The highest BCUT2D eigenvalue weighted by atomic mass is 16.5. The van der Waals surface area contributed by atoms with E-state index >= 15 is 0 Å². The van der Waals surface area contributed by atoms with Crippen LogP contribution in [-0.2, 0) is 19.1 Å². The van der Waals surface area contributed by atoms with Gasteiger partial charge >= 0.3 is 5.97 Å². The van der Waals surface area contributed by atoms with Crippen LogP contribution in [0, 0.1) is 0 Å². The van der Waals surface area contributed by atoms with E-state index in [1.54, 1.807) is 24.3 Å². The minimum Gasteiger partial charge on any atom is -0.494 e. The molecule has 0 spiro atoms. The third-order valence-corrected chi connectivity index (χ3v) is 2.62. The Kier molecular flexibility index (Phi) is 4.20. The molecule has 0 bridgehead atoms. The molecule has 1 heterocycles. The Morgan fingerprint density at radius 1 is 1.30 bits per heavy atom. The summed E-state index contributed by atoms with van der Waals surface area (Å²) < 4.78 is 15.2. The second kappa shape index (κ2) is 6.06. The number of rotatable bonds is 4. The van der Waals surface area contributed by atoms with Gasteiger partial charge in [-0.15, -0.1) is 0 Å². The van der Waals surface area contributed by atoms with Crippen molar-refractivity contribution < 1.29 is 23.8 Å². The SMILES string of the molecule is CCOc1ccc(C2=CC(=O)/C(=C/C(=O)OC)O2)cc1. The Bertz CT molecular complexity index is 581. The van der Waals surface area contributed by atoms with Gasteiger partial charge in [0.25, 0.3) is 0 Å². The molecule has 0 saturated heterocycles. The summed E-state index contributed by atoms with van der Waals surface area (Å²) >= 11 is 0. The highest BCUT2D eigenvalue weighted by Gasteiger charge is 2.23. The number of hydrogen-bond acceptors (Lipinski definition) is 5. The summed E-state index contributed by atoms with van der Waals surface area (Å²) in [6.07, 6.45) is 2.37. The Morgan fingerprint density at radius 3 is 2.60 bits per heavy atom. The number of hydrogen-bond donors (Lipinski definition) is 0. The number of carbonyl (C=O) groups is 2. The first-order valence-corrected chi connectivity index (χ1v) is 6.10. The normalized spacial score (nSPS) is 15.8. The first-order chi connectivity index (χ1) is 9.63. The monoisotopic (exact) mass is 274 g/mol. The quantitative estimate of drug-likeness (QED) is 0.621. The van der Waals surface area contributed by atoms with Crippen LogP contribution in [0.25, 0.3) is 5.76 Å². The number of ether oxygens (including phenoxy) is 3. The van der Waals surface area contributed by atoms with Gasteiger partial charge in [0.2, 0.25) is 5.78 Å². The fraction of sp³-hybridized carbons (Fsp3) is 0.200. The standard InChI is InChI=1S/C15H14O5/c1-3-19-11-6-4-10(5-7-11)13-8-12(16)14(20-13)9-15(17)18-2/h4-9H,3H2,1-2H3/b14-9-. The van der Waals surface area contributed by atoms with Crippen LogP contribution >= 0.6 is 0 Å². The van der Waals surface area contributed by atoms with E-state index in [1.807, 2.05) is 6.92 Å². The first kappa shape index (κ1) is 13.9. The highest BCUT2D eigenvalue weighted by molar-refractivity contribution is 6.12.